The van der Waals surface area contributed by atoms with E-state index >= 15 is 0 Å². The molecule has 0 aliphatic rings. The van der Waals surface area contributed by atoms with Crippen molar-refractivity contribution in [2.24, 2.45) is 0 Å². The third-order valence-electron chi connectivity index (χ3n) is 1.39. The van der Waals surface area contributed by atoms with Crippen LogP contribution in [0, 0.1) is 0 Å². The summed E-state index contributed by atoms with van der Waals surface area (Å²) in [6.45, 7) is 0. The van der Waals surface area contributed by atoms with E-state index in [-0.39, 0.29) is 28.2 Å². The summed E-state index contributed by atoms with van der Waals surface area (Å²) in [4.78, 5) is 20.9. The summed E-state index contributed by atoms with van der Waals surface area (Å²) in [6, 6.07) is 5.48. The molecule has 2 N–H and O–H groups in total. The van der Waals surface area contributed by atoms with Crippen molar-refractivity contribution in [1.82, 2.24) is 0 Å². The van der Waals surface area contributed by atoms with Gasteiger partial charge in [0, 0.05) is 17.1 Å². The third kappa shape index (κ3) is 2.57. The van der Waals surface area contributed by atoms with E-state index in [9.17, 15) is 9.59 Å². The zero-order valence-corrected chi connectivity index (χ0v) is 7.48. The maximum absolute atomic E-state index is 10.5. The van der Waals surface area contributed by atoms with Crippen LogP contribution in [-0.4, -0.2) is 22.2 Å². The summed E-state index contributed by atoms with van der Waals surface area (Å²) < 4.78 is 0. The van der Waals surface area contributed by atoms with Crippen LogP contribution in [0.4, 0.5) is 0 Å². The van der Waals surface area contributed by atoms with Crippen LogP contribution in [0.1, 0.15) is 20.7 Å². The normalized spacial score (nSPS) is 8.62. The van der Waals surface area contributed by atoms with E-state index in [0.717, 1.165) is 0 Å². The van der Waals surface area contributed by atoms with Gasteiger partial charge in [-0.05, 0) is 12.1 Å². The van der Waals surface area contributed by atoms with E-state index in [1.54, 1.807) is 0 Å². The molecule has 0 unspecified atom stereocenters. The molecule has 0 aromatic heterocycles. The molecule has 0 amide bonds. The SMILES string of the molecule is O=C(O)c1ccccc1C(=O)O.[Fe]. The first-order valence-electron chi connectivity index (χ1n) is 3.18. The van der Waals surface area contributed by atoms with Gasteiger partial charge in [-0.2, -0.15) is 0 Å². The van der Waals surface area contributed by atoms with E-state index < -0.39 is 11.9 Å². The molecular weight excluding hydrogens is 216 g/mol. The predicted octanol–water partition coefficient (Wildman–Crippen LogP) is 1.08. The number of rotatable bonds is 2. The van der Waals surface area contributed by atoms with E-state index in [1.807, 2.05) is 0 Å². The standard InChI is InChI=1S/C8H6O4.Fe/c9-7(10)5-3-1-2-4-6(5)8(11)12;/h1-4H,(H,9,10)(H,11,12);. The average molecular weight is 222 g/mol. The Balaban J connectivity index is 0.00000144. The van der Waals surface area contributed by atoms with Gasteiger partial charge in [-0.1, -0.05) is 12.1 Å². The van der Waals surface area contributed by atoms with Crippen LogP contribution < -0.4 is 0 Å². The van der Waals surface area contributed by atoms with Crippen molar-refractivity contribution >= 4 is 11.9 Å². The van der Waals surface area contributed by atoms with Crippen molar-refractivity contribution in [3.05, 3.63) is 35.4 Å². The minimum absolute atomic E-state index is 0. The molecule has 5 heteroatoms. The van der Waals surface area contributed by atoms with Crippen LogP contribution in [0.5, 0.6) is 0 Å². The monoisotopic (exact) mass is 222 g/mol. The molecule has 1 rings (SSSR count). The van der Waals surface area contributed by atoms with Crippen LogP contribution in [-0.2, 0) is 17.1 Å². The Hall–Kier alpha value is -1.32. The largest absolute Gasteiger partial charge is 0.478 e. The average Bonchev–Trinajstić information content (AvgIpc) is 2.04. The summed E-state index contributed by atoms with van der Waals surface area (Å²) in [5.41, 5.74) is -0.380. The van der Waals surface area contributed by atoms with E-state index in [0.29, 0.717) is 0 Å². The second-order valence-corrected chi connectivity index (χ2v) is 2.16. The number of hydrogen-bond donors (Lipinski definition) is 2. The molecule has 0 fully saturated rings. The molecule has 1 aromatic carbocycles. The first kappa shape index (κ1) is 11.7. The van der Waals surface area contributed by atoms with Gasteiger partial charge < -0.3 is 10.2 Å². The first-order valence-corrected chi connectivity index (χ1v) is 3.18. The van der Waals surface area contributed by atoms with Crippen molar-refractivity contribution in [3.63, 3.8) is 0 Å². The van der Waals surface area contributed by atoms with Gasteiger partial charge in [0.2, 0.25) is 0 Å². The first-order chi connectivity index (χ1) is 5.63. The summed E-state index contributed by atoms with van der Waals surface area (Å²) in [6.07, 6.45) is 0. The molecular formula is C8H6FeO4. The molecule has 0 aliphatic carbocycles. The molecule has 0 bridgehead atoms. The molecule has 4 nitrogen and oxygen atoms in total. The van der Waals surface area contributed by atoms with Crippen LogP contribution >= 0.6 is 0 Å². The number of carboxylic acids is 2. The minimum atomic E-state index is -1.23. The van der Waals surface area contributed by atoms with Gasteiger partial charge in [0.15, 0.2) is 0 Å². The molecule has 0 heterocycles. The van der Waals surface area contributed by atoms with Gasteiger partial charge in [-0.15, -0.1) is 0 Å². The zero-order chi connectivity index (χ0) is 9.14. The molecule has 0 atom stereocenters. The maximum Gasteiger partial charge on any atom is 0.336 e. The van der Waals surface area contributed by atoms with Gasteiger partial charge in [0.1, 0.15) is 0 Å². The number of hydrogen-bond acceptors (Lipinski definition) is 2. The Labute approximate surface area is 84.7 Å². The molecule has 0 radical (unpaired) electrons. The number of carbonyl (C=O) groups is 2. The maximum atomic E-state index is 10.5. The number of carboxylic acid groups (broad SMARTS) is 2. The summed E-state index contributed by atoms with van der Waals surface area (Å²) in [5, 5.41) is 17.1. The Morgan fingerprint density at radius 3 is 1.46 bits per heavy atom. The Morgan fingerprint density at radius 2 is 1.23 bits per heavy atom. The smallest absolute Gasteiger partial charge is 0.336 e. The predicted molar refractivity (Wildman–Crippen MR) is 40.4 cm³/mol. The third-order valence-corrected chi connectivity index (χ3v) is 1.39. The van der Waals surface area contributed by atoms with Gasteiger partial charge in [-0.25, -0.2) is 9.59 Å². The fraction of sp³-hybridized carbons (Fsp3) is 0. The van der Waals surface area contributed by atoms with Crippen molar-refractivity contribution in [2.45, 2.75) is 0 Å². The number of aromatic carboxylic acids is 2. The van der Waals surface area contributed by atoms with Gasteiger partial charge in [-0.3, -0.25) is 0 Å². The van der Waals surface area contributed by atoms with Crippen LogP contribution in [0.25, 0.3) is 0 Å². The van der Waals surface area contributed by atoms with Gasteiger partial charge >= 0.3 is 11.9 Å². The topological polar surface area (TPSA) is 74.6 Å². The van der Waals surface area contributed by atoms with Crippen molar-refractivity contribution in [3.8, 4) is 0 Å². The van der Waals surface area contributed by atoms with Crippen molar-refractivity contribution < 1.29 is 36.9 Å². The molecule has 13 heavy (non-hydrogen) atoms. The van der Waals surface area contributed by atoms with Crippen LogP contribution in [0.3, 0.4) is 0 Å². The molecule has 0 aliphatic heterocycles. The Bertz CT molecular complexity index is 302. The van der Waals surface area contributed by atoms with Gasteiger partial charge in [0.25, 0.3) is 0 Å². The van der Waals surface area contributed by atoms with Crippen molar-refractivity contribution in [2.75, 3.05) is 0 Å². The molecule has 70 valence electrons. The van der Waals surface area contributed by atoms with Gasteiger partial charge in [0.05, 0.1) is 11.1 Å². The van der Waals surface area contributed by atoms with E-state index in [1.165, 1.54) is 24.3 Å². The molecule has 0 saturated heterocycles. The fourth-order valence-electron chi connectivity index (χ4n) is 0.856. The minimum Gasteiger partial charge on any atom is -0.478 e. The summed E-state index contributed by atoms with van der Waals surface area (Å²) >= 11 is 0. The second-order valence-electron chi connectivity index (χ2n) is 2.16. The number of benzene rings is 1. The zero-order valence-electron chi connectivity index (χ0n) is 6.37. The Kier molecular flexibility index (Phi) is 4.17. The summed E-state index contributed by atoms with van der Waals surface area (Å²) in [5.74, 6) is -2.46. The summed E-state index contributed by atoms with van der Waals surface area (Å²) in [7, 11) is 0. The van der Waals surface area contributed by atoms with Crippen LogP contribution in [0.15, 0.2) is 24.3 Å². The second kappa shape index (κ2) is 4.64. The molecule has 0 spiro atoms. The van der Waals surface area contributed by atoms with E-state index in [4.69, 9.17) is 10.2 Å². The quantitative estimate of drug-likeness (QED) is 0.734. The molecule has 0 saturated carbocycles. The fourth-order valence-corrected chi connectivity index (χ4v) is 0.856. The van der Waals surface area contributed by atoms with E-state index in [2.05, 4.69) is 0 Å². The Morgan fingerprint density at radius 1 is 0.923 bits per heavy atom. The molecule has 1 aromatic rings. The van der Waals surface area contributed by atoms with Crippen molar-refractivity contribution in [1.29, 1.82) is 0 Å². The van der Waals surface area contributed by atoms with Crippen LogP contribution in [0.2, 0.25) is 0 Å².